The van der Waals surface area contributed by atoms with E-state index in [-0.39, 0.29) is 0 Å². The second-order valence-electron chi connectivity index (χ2n) is 5.67. The van der Waals surface area contributed by atoms with Crippen LogP contribution in [-0.2, 0) is 16.3 Å². The smallest absolute Gasteiger partial charge is 0.297 e. The molecule has 3 aromatic carbocycles. The van der Waals surface area contributed by atoms with Crippen molar-refractivity contribution in [3.8, 4) is 5.75 Å². The van der Waals surface area contributed by atoms with E-state index in [1.165, 1.54) is 16.3 Å². The largest absolute Gasteiger partial charge is 0.434 e. The minimum Gasteiger partial charge on any atom is -0.434 e. The number of hydrogen-bond acceptors (Lipinski definition) is 4. The maximum Gasteiger partial charge on any atom is 0.297 e. The fourth-order valence-corrected chi connectivity index (χ4v) is 7.89. The number of aryl methyl sites for hydroxylation is 1. The van der Waals surface area contributed by atoms with E-state index in [1.54, 1.807) is 11.4 Å². The van der Waals surface area contributed by atoms with Crippen molar-refractivity contribution in [1.29, 1.82) is 0 Å². The summed E-state index contributed by atoms with van der Waals surface area (Å²) >= 11 is 10.9. The molecule has 0 saturated heterocycles. The molecule has 0 fully saturated rings. The third-order valence-corrected chi connectivity index (χ3v) is 9.74. The summed E-state index contributed by atoms with van der Waals surface area (Å²) in [6.45, 7) is 6.69. The number of benzene rings is 3. The van der Waals surface area contributed by atoms with Gasteiger partial charge in [0, 0.05) is 11.1 Å². The van der Waals surface area contributed by atoms with E-state index in [2.05, 4.69) is 66.2 Å². The summed E-state index contributed by atoms with van der Waals surface area (Å²) < 4.78 is 13.0. The number of halogens is 1. The Hall–Kier alpha value is -0.580. The maximum absolute atomic E-state index is 6.32. The Kier molecular flexibility index (Phi) is 6.12. The lowest BCUT2D eigenvalue weighted by Crippen LogP contribution is -1.97. The third kappa shape index (κ3) is 4.23. The van der Waals surface area contributed by atoms with E-state index in [4.69, 9.17) is 20.9 Å². The Morgan fingerprint density at radius 1 is 1.04 bits per heavy atom. The minimum absolute atomic E-state index is 0.550. The van der Waals surface area contributed by atoms with Crippen LogP contribution in [0.3, 0.4) is 0 Å². The quantitative estimate of drug-likeness (QED) is 0.284. The highest BCUT2D eigenvalue weighted by atomic mass is 79.9. The molecule has 0 radical (unpaired) electrons. The molecule has 0 saturated carbocycles. The standard InChI is InChI=1S/C19H20BrO2PS2/c1-4-21-23(24,25-5-2)22-19-17-12-14-7-6-13(3)10-16(14)11-15(17)8-9-18(19)20/h6-12H,4-5H2,1-3H3. The van der Waals surface area contributed by atoms with Gasteiger partial charge in [-0.3, -0.25) is 0 Å². The Bertz CT molecular complexity index is 964. The van der Waals surface area contributed by atoms with Gasteiger partial charge in [-0.05, 0) is 75.9 Å². The highest BCUT2D eigenvalue weighted by Gasteiger charge is 2.23. The van der Waals surface area contributed by atoms with E-state index < -0.39 is 5.69 Å². The third-order valence-electron chi connectivity index (χ3n) is 3.81. The second kappa shape index (κ2) is 7.98. The molecule has 0 aliphatic rings. The van der Waals surface area contributed by atoms with Crippen molar-refractivity contribution in [2.24, 2.45) is 0 Å². The first-order valence-corrected chi connectivity index (χ1v) is 13.2. The average Bonchev–Trinajstić information content (AvgIpc) is 2.56. The van der Waals surface area contributed by atoms with Crippen LogP contribution in [0.2, 0.25) is 0 Å². The molecule has 3 rings (SSSR count). The fraction of sp³-hybridized carbons (Fsp3) is 0.263. The van der Waals surface area contributed by atoms with Crippen LogP contribution >= 0.6 is 33.0 Å². The van der Waals surface area contributed by atoms with Crippen molar-refractivity contribution in [2.75, 3.05) is 12.4 Å². The average molecular weight is 455 g/mol. The van der Waals surface area contributed by atoms with Gasteiger partial charge in [0.25, 0.3) is 5.69 Å². The number of hydrogen-bond donors (Lipinski definition) is 0. The molecule has 0 spiro atoms. The highest BCUT2D eigenvalue weighted by molar-refractivity contribution is 9.10. The van der Waals surface area contributed by atoms with E-state index in [1.807, 2.05) is 13.0 Å². The molecule has 0 N–H and O–H groups in total. The van der Waals surface area contributed by atoms with Crippen molar-refractivity contribution in [3.05, 3.63) is 52.5 Å². The first kappa shape index (κ1) is 19.2. The normalized spacial score (nSPS) is 13.9. The van der Waals surface area contributed by atoms with Crippen LogP contribution in [0.15, 0.2) is 46.9 Å². The topological polar surface area (TPSA) is 18.5 Å². The molecule has 0 heterocycles. The van der Waals surface area contributed by atoms with Crippen molar-refractivity contribution in [2.45, 2.75) is 20.8 Å². The molecule has 1 atom stereocenters. The Morgan fingerprint density at radius 2 is 1.80 bits per heavy atom. The van der Waals surface area contributed by atoms with Crippen LogP contribution in [0.4, 0.5) is 0 Å². The number of rotatable bonds is 6. The molecule has 3 aromatic rings. The lowest BCUT2D eigenvalue weighted by molar-refractivity contribution is 0.345. The predicted molar refractivity (Wildman–Crippen MR) is 119 cm³/mol. The summed E-state index contributed by atoms with van der Waals surface area (Å²) in [4.78, 5) is 0. The molecular weight excluding hydrogens is 435 g/mol. The monoisotopic (exact) mass is 454 g/mol. The first-order chi connectivity index (χ1) is 12.0. The van der Waals surface area contributed by atoms with Gasteiger partial charge in [0.2, 0.25) is 0 Å². The molecule has 0 amide bonds. The summed E-state index contributed by atoms with van der Waals surface area (Å²) in [7, 11) is 0. The second-order valence-corrected chi connectivity index (χ2v) is 13.1. The Balaban J connectivity index is 2.17. The van der Waals surface area contributed by atoms with E-state index in [0.29, 0.717) is 6.61 Å². The van der Waals surface area contributed by atoms with E-state index >= 15 is 0 Å². The van der Waals surface area contributed by atoms with Crippen LogP contribution < -0.4 is 4.52 Å². The molecule has 1 unspecified atom stereocenters. The summed E-state index contributed by atoms with van der Waals surface area (Å²) in [6.07, 6.45) is 0. The first-order valence-electron chi connectivity index (χ1n) is 8.17. The molecule has 25 heavy (non-hydrogen) atoms. The molecule has 0 aliphatic heterocycles. The summed E-state index contributed by atoms with van der Waals surface area (Å²) in [5.41, 5.74) is -1.16. The van der Waals surface area contributed by atoms with Gasteiger partial charge in [-0.2, -0.15) is 0 Å². The van der Waals surface area contributed by atoms with Gasteiger partial charge in [-0.15, -0.1) is 0 Å². The Labute approximate surface area is 166 Å². The van der Waals surface area contributed by atoms with Crippen molar-refractivity contribution < 1.29 is 9.05 Å². The van der Waals surface area contributed by atoms with Crippen LogP contribution in [0.1, 0.15) is 19.4 Å². The molecule has 0 aliphatic carbocycles. The van der Waals surface area contributed by atoms with Crippen LogP contribution in [0, 0.1) is 6.92 Å². The zero-order chi connectivity index (χ0) is 18.0. The molecule has 0 bridgehead atoms. The number of fused-ring (bicyclic) bond motifs is 2. The molecule has 2 nitrogen and oxygen atoms in total. The molecular formula is C19H20BrO2PS2. The lowest BCUT2D eigenvalue weighted by Gasteiger charge is -2.23. The van der Waals surface area contributed by atoms with Gasteiger partial charge in [0.15, 0.2) is 0 Å². The Morgan fingerprint density at radius 3 is 2.52 bits per heavy atom. The predicted octanol–water partition coefficient (Wildman–Crippen LogP) is 7.46. The molecule has 132 valence electrons. The minimum atomic E-state index is -2.42. The van der Waals surface area contributed by atoms with Gasteiger partial charge >= 0.3 is 0 Å². The van der Waals surface area contributed by atoms with Gasteiger partial charge < -0.3 is 9.05 Å². The highest BCUT2D eigenvalue weighted by Crippen LogP contribution is 2.61. The maximum atomic E-state index is 6.32. The lowest BCUT2D eigenvalue weighted by atomic mass is 10.0. The summed E-state index contributed by atoms with van der Waals surface area (Å²) in [5, 5.41) is 4.61. The van der Waals surface area contributed by atoms with E-state index in [0.717, 1.165) is 26.7 Å². The zero-order valence-electron chi connectivity index (χ0n) is 14.4. The van der Waals surface area contributed by atoms with Crippen molar-refractivity contribution in [3.63, 3.8) is 0 Å². The molecule has 0 aromatic heterocycles. The van der Waals surface area contributed by atoms with Crippen LogP contribution in [-0.4, -0.2) is 12.4 Å². The van der Waals surface area contributed by atoms with Gasteiger partial charge in [0.05, 0.1) is 11.1 Å². The SMILES string of the molecule is CCOP(=S)(Oc1c(Br)ccc2cc3cc(C)ccc3cc12)SCC. The zero-order valence-corrected chi connectivity index (χ0v) is 18.5. The summed E-state index contributed by atoms with van der Waals surface area (Å²) in [6, 6.07) is 15.0. The van der Waals surface area contributed by atoms with Crippen LogP contribution in [0.25, 0.3) is 21.5 Å². The van der Waals surface area contributed by atoms with Gasteiger partial charge in [0.1, 0.15) is 5.75 Å². The molecule has 6 heteroatoms. The summed E-state index contributed by atoms with van der Waals surface area (Å²) in [5.74, 6) is 1.64. The van der Waals surface area contributed by atoms with Crippen molar-refractivity contribution in [1.82, 2.24) is 0 Å². The van der Waals surface area contributed by atoms with Crippen molar-refractivity contribution >= 4 is 66.4 Å². The van der Waals surface area contributed by atoms with Gasteiger partial charge in [-0.25, -0.2) is 0 Å². The van der Waals surface area contributed by atoms with Crippen LogP contribution in [0.5, 0.6) is 5.75 Å². The van der Waals surface area contributed by atoms with E-state index in [9.17, 15) is 0 Å². The van der Waals surface area contributed by atoms with Gasteiger partial charge in [-0.1, -0.05) is 48.1 Å². The fourth-order valence-electron chi connectivity index (χ4n) is 2.75.